The summed E-state index contributed by atoms with van der Waals surface area (Å²) in [6.07, 6.45) is 7.32. The van der Waals surface area contributed by atoms with Gasteiger partial charge in [0.05, 0.1) is 24.0 Å². The number of halogens is 2. The Hall–Kier alpha value is -4.05. The van der Waals surface area contributed by atoms with Crippen LogP contribution in [0.5, 0.6) is 5.75 Å². The molecule has 2 atom stereocenters. The van der Waals surface area contributed by atoms with E-state index in [2.05, 4.69) is 15.3 Å². The Bertz CT molecular complexity index is 1380. The maximum atomic E-state index is 13.9. The number of anilines is 2. The van der Waals surface area contributed by atoms with E-state index in [0.717, 1.165) is 11.6 Å². The molecule has 0 spiro atoms. The number of hydrogen-bond acceptors (Lipinski definition) is 6. The first-order valence-corrected chi connectivity index (χ1v) is 11.6. The van der Waals surface area contributed by atoms with Crippen molar-refractivity contribution in [3.63, 3.8) is 0 Å². The van der Waals surface area contributed by atoms with Crippen molar-refractivity contribution in [2.45, 2.75) is 32.1 Å². The van der Waals surface area contributed by atoms with Crippen LogP contribution in [0.15, 0.2) is 60.5 Å². The van der Waals surface area contributed by atoms with E-state index in [-0.39, 0.29) is 36.3 Å². The van der Waals surface area contributed by atoms with Gasteiger partial charge in [-0.3, -0.25) is 4.79 Å². The minimum Gasteiger partial charge on any atom is -0.506 e. The number of allylic oxidation sites excluding steroid dienone is 3. The topological polar surface area (TPSA) is 104 Å². The standard InChI is InChI=1S/C26H25F2N5O3/c1-15-12-29-26(30-20-6-5-19(28)11-23(20)35)31-24(15)17-10-21-25(36)33(8-7-32(21)13-17)22(14-34)16-3-2-4-18(27)9-16/h2-6,10-13,18,22,34-35H,7-9,14H2,1H3,(H,29,30,31). The molecule has 2 aromatic heterocycles. The van der Waals surface area contributed by atoms with Crippen LogP contribution >= 0.6 is 0 Å². The largest absolute Gasteiger partial charge is 0.506 e. The van der Waals surface area contributed by atoms with Gasteiger partial charge in [-0.25, -0.2) is 18.7 Å². The fraction of sp³-hybridized carbons (Fsp3) is 0.269. The number of carbonyl (C=O) groups is 1. The molecule has 1 aliphatic heterocycles. The quantitative estimate of drug-likeness (QED) is 0.451. The number of rotatable bonds is 6. The van der Waals surface area contributed by atoms with Gasteiger partial charge in [-0.05, 0) is 36.3 Å². The van der Waals surface area contributed by atoms with Crippen LogP contribution in [0.4, 0.5) is 20.4 Å². The molecule has 1 aliphatic carbocycles. The molecule has 3 aromatic rings. The number of aromatic nitrogens is 3. The number of nitrogens with one attached hydrogen (secondary N) is 1. The van der Waals surface area contributed by atoms with Gasteiger partial charge in [0.1, 0.15) is 23.4 Å². The van der Waals surface area contributed by atoms with Crippen molar-refractivity contribution in [1.82, 2.24) is 19.4 Å². The third kappa shape index (κ3) is 4.47. The third-order valence-corrected chi connectivity index (χ3v) is 6.45. The van der Waals surface area contributed by atoms with Gasteiger partial charge >= 0.3 is 0 Å². The predicted octanol–water partition coefficient (Wildman–Crippen LogP) is 3.88. The molecule has 2 aliphatic rings. The van der Waals surface area contributed by atoms with Crippen LogP contribution in [0.3, 0.4) is 0 Å². The fourth-order valence-corrected chi connectivity index (χ4v) is 4.62. The zero-order chi connectivity index (χ0) is 25.4. The summed E-state index contributed by atoms with van der Waals surface area (Å²) in [6.45, 7) is 2.44. The molecule has 3 N–H and O–H groups in total. The number of amides is 1. The number of phenolic OH excluding ortho intramolecular Hbond substituents is 1. The van der Waals surface area contributed by atoms with Crippen molar-refractivity contribution in [3.05, 3.63) is 77.5 Å². The summed E-state index contributed by atoms with van der Waals surface area (Å²) in [4.78, 5) is 23.8. The number of carbonyl (C=O) groups excluding carboxylic acids is 1. The molecule has 0 bridgehead atoms. The van der Waals surface area contributed by atoms with Crippen LogP contribution in [0, 0.1) is 12.7 Å². The van der Waals surface area contributed by atoms with Gasteiger partial charge in [0.25, 0.3) is 5.91 Å². The Labute approximate surface area is 206 Å². The Morgan fingerprint density at radius 3 is 2.86 bits per heavy atom. The first-order valence-electron chi connectivity index (χ1n) is 11.6. The van der Waals surface area contributed by atoms with Gasteiger partial charge in [0.15, 0.2) is 0 Å². The summed E-state index contributed by atoms with van der Waals surface area (Å²) in [5.74, 6) is -0.885. The lowest BCUT2D eigenvalue weighted by Gasteiger charge is -2.36. The Kier molecular flexibility index (Phi) is 6.27. The highest BCUT2D eigenvalue weighted by Gasteiger charge is 2.33. The van der Waals surface area contributed by atoms with Crippen LogP contribution in [0.25, 0.3) is 11.3 Å². The molecule has 36 heavy (non-hydrogen) atoms. The van der Waals surface area contributed by atoms with E-state index in [1.807, 2.05) is 17.7 Å². The molecular formula is C26H25F2N5O3. The second kappa shape index (κ2) is 9.54. The van der Waals surface area contributed by atoms with Crippen molar-refractivity contribution in [2.24, 2.45) is 0 Å². The molecule has 0 saturated carbocycles. The van der Waals surface area contributed by atoms with Crippen LogP contribution in [-0.2, 0) is 6.54 Å². The van der Waals surface area contributed by atoms with Crippen molar-refractivity contribution in [3.8, 4) is 17.0 Å². The normalized spacial score (nSPS) is 18.1. The van der Waals surface area contributed by atoms with E-state index in [9.17, 15) is 23.8 Å². The minimum absolute atomic E-state index is 0.150. The average molecular weight is 494 g/mol. The molecule has 2 unspecified atom stereocenters. The van der Waals surface area contributed by atoms with Gasteiger partial charge < -0.3 is 25.0 Å². The number of aliphatic hydroxyl groups excluding tert-OH is 1. The van der Waals surface area contributed by atoms with Crippen LogP contribution in [0.2, 0.25) is 0 Å². The summed E-state index contributed by atoms with van der Waals surface area (Å²) in [5.41, 5.74) is 3.46. The summed E-state index contributed by atoms with van der Waals surface area (Å²) in [5, 5.41) is 22.9. The monoisotopic (exact) mass is 493 g/mol. The molecule has 186 valence electrons. The zero-order valence-electron chi connectivity index (χ0n) is 19.5. The Morgan fingerprint density at radius 1 is 1.28 bits per heavy atom. The van der Waals surface area contributed by atoms with E-state index in [1.165, 1.54) is 18.2 Å². The molecule has 3 heterocycles. The molecule has 0 fully saturated rings. The van der Waals surface area contributed by atoms with Gasteiger partial charge in [-0.2, -0.15) is 0 Å². The second-order valence-corrected chi connectivity index (χ2v) is 8.86. The smallest absolute Gasteiger partial charge is 0.271 e. The maximum absolute atomic E-state index is 13.9. The van der Waals surface area contributed by atoms with E-state index in [0.29, 0.717) is 35.6 Å². The Morgan fingerprint density at radius 2 is 2.11 bits per heavy atom. The van der Waals surface area contributed by atoms with Gasteiger partial charge in [-0.15, -0.1) is 0 Å². The van der Waals surface area contributed by atoms with Crippen molar-refractivity contribution in [1.29, 1.82) is 0 Å². The number of nitrogens with zero attached hydrogens (tertiary/aromatic N) is 4. The molecule has 5 rings (SSSR count). The number of aromatic hydroxyl groups is 1. The zero-order valence-corrected chi connectivity index (χ0v) is 19.5. The number of benzene rings is 1. The van der Waals surface area contributed by atoms with Crippen LogP contribution in [0.1, 0.15) is 22.5 Å². The molecule has 1 aromatic carbocycles. The maximum Gasteiger partial charge on any atom is 0.271 e. The van der Waals surface area contributed by atoms with E-state index < -0.39 is 18.0 Å². The summed E-state index contributed by atoms with van der Waals surface area (Å²) in [7, 11) is 0. The lowest BCUT2D eigenvalue weighted by atomic mass is 9.95. The molecule has 8 nitrogen and oxygen atoms in total. The first-order chi connectivity index (χ1) is 17.3. The molecule has 1 amide bonds. The SMILES string of the molecule is Cc1cnc(Nc2ccc(F)cc2O)nc1-c1cc2n(c1)CCN(C(CO)C1=CC=CC(F)C1)C2=O. The van der Waals surface area contributed by atoms with Gasteiger partial charge in [0.2, 0.25) is 5.95 Å². The number of hydrogen-bond donors (Lipinski definition) is 3. The molecule has 0 radical (unpaired) electrons. The number of phenols is 1. The van der Waals surface area contributed by atoms with E-state index in [1.54, 1.807) is 29.3 Å². The van der Waals surface area contributed by atoms with E-state index in [4.69, 9.17) is 0 Å². The van der Waals surface area contributed by atoms with Crippen molar-refractivity contribution >= 4 is 17.5 Å². The Balaban J connectivity index is 1.42. The third-order valence-electron chi connectivity index (χ3n) is 6.45. The van der Waals surface area contributed by atoms with Crippen molar-refractivity contribution in [2.75, 3.05) is 18.5 Å². The van der Waals surface area contributed by atoms with E-state index >= 15 is 0 Å². The predicted molar refractivity (Wildman–Crippen MR) is 130 cm³/mol. The fourth-order valence-electron chi connectivity index (χ4n) is 4.62. The highest BCUT2D eigenvalue weighted by atomic mass is 19.1. The summed E-state index contributed by atoms with van der Waals surface area (Å²) in [6, 6.07) is 4.74. The minimum atomic E-state index is -1.13. The van der Waals surface area contributed by atoms with Crippen molar-refractivity contribution < 1.29 is 23.8 Å². The molecule has 10 heteroatoms. The number of aryl methyl sites for hydroxylation is 1. The highest BCUT2D eigenvalue weighted by Crippen LogP contribution is 2.31. The average Bonchev–Trinajstić information content (AvgIpc) is 3.29. The summed E-state index contributed by atoms with van der Waals surface area (Å²) >= 11 is 0. The van der Waals surface area contributed by atoms with Crippen LogP contribution in [-0.4, -0.2) is 60.9 Å². The lowest BCUT2D eigenvalue weighted by Crippen LogP contribution is -2.49. The molecular weight excluding hydrogens is 468 g/mol. The summed E-state index contributed by atoms with van der Waals surface area (Å²) < 4.78 is 29.1. The number of fused-ring (bicyclic) bond motifs is 1. The highest BCUT2D eigenvalue weighted by molar-refractivity contribution is 5.95. The molecule has 0 saturated heterocycles. The van der Waals surface area contributed by atoms with Gasteiger partial charge in [0, 0.05) is 43.5 Å². The van der Waals surface area contributed by atoms with Crippen LogP contribution < -0.4 is 5.32 Å². The second-order valence-electron chi connectivity index (χ2n) is 8.86. The van der Waals surface area contributed by atoms with Gasteiger partial charge in [-0.1, -0.05) is 18.2 Å². The first kappa shape index (κ1) is 23.7. The lowest BCUT2D eigenvalue weighted by molar-refractivity contribution is 0.0571. The number of alkyl halides is 1. The number of aliphatic hydroxyl groups is 1.